The van der Waals surface area contributed by atoms with Gasteiger partial charge < -0.3 is 9.84 Å². The summed E-state index contributed by atoms with van der Waals surface area (Å²) in [4.78, 5) is 13.1. The summed E-state index contributed by atoms with van der Waals surface area (Å²) >= 11 is 1.63. The van der Waals surface area contributed by atoms with E-state index in [-0.39, 0.29) is 0 Å². The average molecular weight is 303 g/mol. The smallest absolute Gasteiger partial charge is 0.328 e. The molecule has 2 N–H and O–H groups in total. The molecule has 0 fully saturated rings. The van der Waals surface area contributed by atoms with Crippen LogP contribution in [0.25, 0.3) is 0 Å². The van der Waals surface area contributed by atoms with Crippen LogP contribution in [0.4, 0.5) is 0 Å². The van der Waals surface area contributed by atoms with Crippen LogP contribution in [0.5, 0.6) is 5.75 Å². The van der Waals surface area contributed by atoms with Crippen molar-refractivity contribution in [3.8, 4) is 5.75 Å². The van der Waals surface area contributed by atoms with E-state index in [0.29, 0.717) is 18.7 Å². The molecule has 110 valence electrons. The molecule has 0 radical (unpaired) electrons. The maximum Gasteiger partial charge on any atom is 0.328 e. The second kappa shape index (κ2) is 5.50. The Morgan fingerprint density at radius 2 is 2.33 bits per heavy atom. The molecule has 0 amide bonds. The molecule has 0 bridgehead atoms. The van der Waals surface area contributed by atoms with Gasteiger partial charge in [-0.15, -0.1) is 11.3 Å². The number of methoxy groups -OCH3 is 1. The first-order valence-electron chi connectivity index (χ1n) is 6.84. The summed E-state index contributed by atoms with van der Waals surface area (Å²) in [5.41, 5.74) is 0.885. The van der Waals surface area contributed by atoms with Gasteiger partial charge in [0, 0.05) is 11.4 Å². The number of carboxylic acids is 1. The number of thiophene rings is 1. The highest BCUT2D eigenvalue weighted by Crippen LogP contribution is 2.39. The third-order valence-corrected chi connectivity index (χ3v) is 4.93. The molecule has 1 aromatic heterocycles. The lowest BCUT2D eigenvalue weighted by Crippen LogP contribution is -2.47. The Kier molecular flexibility index (Phi) is 3.69. The summed E-state index contributed by atoms with van der Waals surface area (Å²) in [5.74, 6) is -0.134. The fourth-order valence-corrected chi connectivity index (χ4v) is 3.53. The standard InChI is InChI=1S/C16H17NO3S/c1-20-12-5-4-11-6-7-16(15(18)19,14(11)9-12)17-10-13-3-2-8-21-13/h2-5,8-9,17H,6-7,10H2,1H3,(H,18,19). The predicted octanol–water partition coefficient (Wildman–Crippen LogP) is 2.77. The third-order valence-electron chi connectivity index (χ3n) is 4.06. The van der Waals surface area contributed by atoms with Crippen molar-refractivity contribution in [1.82, 2.24) is 5.32 Å². The van der Waals surface area contributed by atoms with Gasteiger partial charge in [0.15, 0.2) is 0 Å². The summed E-state index contributed by atoms with van der Waals surface area (Å²) in [5, 5.41) is 15.1. The zero-order chi connectivity index (χ0) is 14.9. The molecule has 0 aliphatic heterocycles. The number of fused-ring (bicyclic) bond motifs is 1. The second-order valence-corrected chi connectivity index (χ2v) is 6.20. The molecule has 1 atom stereocenters. The van der Waals surface area contributed by atoms with Crippen molar-refractivity contribution < 1.29 is 14.6 Å². The zero-order valence-electron chi connectivity index (χ0n) is 11.8. The molecule has 0 saturated heterocycles. The molecule has 1 aliphatic rings. The minimum atomic E-state index is -1.02. The highest BCUT2D eigenvalue weighted by Gasteiger charge is 2.45. The first-order chi connectivity index (χ1) is 10.2. The van der Waals surface area contributed by atoms with Crippen LogP contribution in [0.2, 0.25) is 0 Å². The zero-order valence-corrected chi connectivity index (χ0v) is 12.6. The Labute approximate surface area is 127 Å². The molecule has 4 nitrogen and oxygen atoms in total. The van der Waals surface area contributed by atoms with E-state index in [2.05, 4.69) is 5.32 Å². The monoisotopic (exact) mass is 303 g/mol. The first kappa shape index (κ1) is 14.1. The molecule has 1 aromatic carbocycles. The Hall–Kier alpha value is -1.85. The minimum absolute atomic E-state index is 0.556. The minimum Gasteiger partial charge on any atom is -0.497 e. The molecule has 0 spiro atoms. The lowest BCUT2D eigenvalue weighted by molar-refractivity contribution is -0.145. The number of hydrogen-bond donors (Lipinski definition) is 2. The fourth-order valence-electron chi connectivity index (χ4n) is 2.89. The van der Waals surface area contributed by atoms with Gasteiger partial charge in [0.25, 0.3) is 0 Å². The van der Waals surface area contributed by atoms with Gasteiger partial charge in [-0.3, -0.25) is 5.32 Å². The van der Waals surface area contributed by atoms with E-state index >= 15 is 0 Å². The van der Waals surface area contributed by atoms with Crippen LogP contribution >= 0.6 is 11.3 Å². The summed E-state index contributed by atoms with van der Waals surface area (Å²) < 4.78 is 5.24. The topological polar surface area (TPSA) is 58.6 Å². The van der Waals surface area contributed by atoms with Crippen molar-refractivity contribution in [1.29, 1.82) is 0 Å². The quantitative estimate of drug-likeness (QED) is 0.892. The van der Waals surface area contributed by atoms with Gasteiger partial charge in [-0.1, -0.05) is 12.1 Å². The van der Waals surface area contributed by atoms with Crippen molar-refractivity contribution in [3.63, 3.8) is 0 Å². The van der Waals surface area contributed by atoms with Crippen molar-refractivity contribution in [3.05, 3.63) is 51.7 Å². The highest BCUT2D eigenvalue weighted by atomic mass is 32.1. The Morgan fingerprint density at radius 1 is 1.48 bits per heavy atom. The number of ether oxygens (including phenoxy) is 1. The molecule has 2 aromatic rings. The third kappa shape index (κ3) is 2.43. The maximum absolute atomic E-state index is 11.9. The number of aryl methyl sites for hydroxylation is 1. The van der Waals surface area contributed by atoms with E-state index in [4.69, 9.17) is 4.74 Å². The van der Waals surface area contributed by atoms with Gasteiger partial charge in [-0.2, -0.15) is 0 Å². The van der Waals surface area contributed by atoms with Crippen LogP contribution < -0.4 is 10.1 Å². The SMILES string of the molecule is COc1ccc2c(c1)C(NCc1cccs1)(C(=O)O)CC2. The lowest BCUT2D eigenvalue weighted by Gasteiger charge is -2.27. The second-order valence-electron chi connectivity index (χ2n) is 5.17. The first-order valence-corrected chi connectivity index (χ1v) is 7.72. The van der Waals surface area contributed by atoms with E-state index in [1.165, 1.54) is 0 Å². The van der Waals surface area contributed by atoms with Gasteiger partial charge in [0.05, 0.1) is 7.11 Å². The Bertz CT molecular complexity index is 654. The van der Waals surface area contributed by atoms with E-state index in [1.54, 1.807) is 18.4 Å². The molecular weight excluding hydrogens is 286 g/mol. The number of carboxylic acid groups (broad SMARTS) is 1. The van der Waals surface area contributed by atoms with Gasteiger partial charge in [0.1, 0.15) is 11.3 Å². The molecule has 3 rings (SSSR count). The summed E-state index contributed by atoms with van der Waals surface area (Å²) in [7, 11) is 1.60. The number of aliphatic carboxylic acids is 1. The fraction of sp³-hybridized carbons (Fsp3) is 0.312. The number of hydrogen-bond acceptors (Lipinski definition) is 4. The predicted molar refractivity (Wildman–Crippen MR) is 81.8 cm³/mol. The van der Waals surface area contributed by atoms with Gasteiger partial charge in [-0.05, 0) is 47.5 Å². The van der Waals surface area contributed by atoms with E-state index in [9.17, 15) is 9.90 Å². The van der Waals surface area contributed by atoms with Crippen LogP contribution in [0.1, 0.15) is 22.4 Å². The van der Waals surface area contributed by atoms with E-state index < -0.39 is 11.5 Å². The van der Waals surface area contributed by atoms with Crippen LogP contribution in [-0.4, -0.2) is 18.2 Å². The molecule has 21 heavy (non-hydrogen) atoms. The average Bonchev–Trinajstić information content (AvgIpc) is 3.12. The normalized spacial score (nSPS) is 20.2. The largest absolute Gasteiger partial charge is 0.497 e. The number of nitrogens with one attached hydrogen (secondary N) is 1. The summed E-state index contributed by atoms with van der Waals surface area (Å²) in [6.07, 6.45) is 1.33. The van der Waals surface area contributed by atoms with Crippen molar-refractivity contribution in [2.24, 2.45) is 0 Å². The van der Waals surface area contributed by atoms with Crippen LogP contribution in [0.3, 0.4) is 0 Å². The van der Waals surface area contributed by atoms with Crippen LogP contribution in [0, 0.1) is 0 Å². The van der Waals surface area contributed by atoms with E-state index in [1.807, 2.05) is 35.7 Å². The Morgan fingerprint density at radius 3 is 3.00 bits per heavy atom. The summed E-state index contributed by atoms with van der Waals surface area (Å²) in [6.45, 7) is 0.556. The number of carbonyl (C=O) groups is 1. The molecule has 1 aliphatic carbocycles. The van der Waals surface area contributed by atoms with Crippen molar-refractivity contribution in [2.75, 3.05) is 7.11 Å². The number of rotatable bonds is 5. The van der Waals surface area contributed by atoms with E-state index in [0.717, 1.165) is 22.4 Å². The van der Waals surface area contributed by atoms with Crippen LogP contribution in [-0.2, 0) is 23.3 Å². The van der Waals surface area contributed by atoms with Gasteiger partial charge >= 0.3 is 5.97 Å². The molecular formula is C16H17NO3S. The summed E-state index contributed by atoms with van der Waals surface area (Å²) in [6, 6.07) is 9.68. The van der Waals surface area contributed by atoms with Gasteiger partial charge in [-0.25, -0.2) is 4.79 Å². The van der Waals surface area contributed by atoms with Crippen LogP contribution in [0.15, 0.2) is 35.7 Å². The lowest BCUT2D eigenvalue weighted by atomic mass is 9.91. The molecule has 1 unspecified atom stereocenters. The molecule has 0 saturated carbocycles. The molecule has 5 heteroatoms. The number of benzene rings is 1. The maximum atomic E-state index is 11.9. The van der Waals surface area contributed by atoms with Crippen molar-refractivity contribution >= 4 is 17.3 Å². The molecule has 1 heterocycles. The van der Waals surface area contributed by atoms with Gasteiger partial charge in [0.2, 0.25) is 0 Å². The highest BCUT2D eigenvalue weighted by molar-refractivity contribution is 7.09. The Balaban J connectivity index is 1.95. The van der Waals surface area contributed by atoms with Crippen molar-refractivity contribution in [2.45, 2.75) is 24.9 Å².